The molecule has 0 saturated carbocycles. The molecule has 0 amide bonds. The van der Waals surface area contributed by atoms with Crippen LogP contribution in [0.4, 0.5) is 0 Å². The lowest BCUT2D eigenvalue weighted by molar-refractivity contribution is 0.186. The van der Waals surface area contributed by atoms with Crippen LogP contribution in [0.25, 0.3) is 10.6 Å². The third kappa shape index (κ3) is 4.03. The van der Waals surface area contributed by atoms with Crippen molar-refractivity contribution in [1.29, 1.82) is 0 Å². The molecule has 0 aromatic carbocycles. The largest absolute Gasteiger partial charge is 0.383 e. The quantitative estimate of drug-likeness (QED) is 0.763. The molecular weight excluding hydrogens is 284 g/mol. The van der Waals surface area contributed by atoms with Crippen LogP contribution < -0.4 is 10.9 Å². The van der Waals surface area contributed by atoms with Crippen LogP contribution in [0, 0.1) is 0 Å². The molecule has 21 heavy (non-hydrogen) atoms. The van der Waals surface area contributed by atoms with Crippen LogP contribution in [-0.2, 0) is 17.8 Å². The Morgan fingerprint density at radius 1 is 1.33 bits per heavy atom. The van der Waals surface area contributed by atoms with Crippen LogP contribution in [0.2, 0.25) is 0 Å². The van der Waals surface area contributed by atoms with Gasteiger partial charge in [-0.2, -0.15) is 0 Å². The van der Waals surface area contributed by atoms with Crippen LogP contribution in [0.15, 0.2) is 34.4 Å². The predicted octanol–water partition coefficient (Wildman–Crippen LogP) is 2.72. The molecule has 0 bridgehead atoms. The molecule has 5 heteroatoms. The molecule has 0 spiro atoms. The minimum Gasteiger partial charge on any atom is -0.383 e. The van der Waals surface area contributed by atoms with Gasteiger partial charge in [-0.05, 0) is 30.5 Å². The van der Waals surface area contributed by atoms with Crippen LogP contribution in [0.3, 0.4) is 0 Å². The first-order chi connectivity index (χ1) is 10.3. The van der Waals surface area contributed by atoms with E-state index >= 15 is 0 Å². The molecule has 0 aliphatic rings. The fourth-order valence-corrected chi connectivity index (χ4v) is 2.96. The molecule has 2 aromatic rings. The van der Waals surface area contributed by atoms with Crippen LogP contribution >= 0.6 is 11.3 Å². The van der Waals surface area contributed by atoms with Gasteiger partial charge in [-0.3, -0.25) is 4.79 Å². The molecule has 0 unspecified atom stereocenters. The smallest absolute Gasteiger partial charge is 0.255 e. The summed E-state index contributed by atoms with van der Waals surface area (Å²) in [5, 5.41) is 5.31. The van der Waals surface area contributed by atoms with E-state index in [0.29, 0.717) is 19.7 Å². The first-order valence-corrected chi connectivity index (χ1v) is 8.12. The van der Waals surface area contributed by atoms with E-state index in [2.05, 4.69) is 12.2 Å². The van der Waals surface area contributed by atoms with Crippen molar-refractivity contribution in [1.82, 2.24) is 9.88 Å². The van der Waals surface area contributed by atoms with E-state index in [1.54, 1.807) is 18.4 Å². The molecule has 0 fully saturated rings. The third-order valence-electron chi connectivity index (χ3n) is 3.29. The number of hydrogen-bond acceptors (Lipinski definition) is 4. The lowest BCUT2D eigenvalue weighted by atomic mass is 10.2. The van der Waals surface area contributed by atoms with Gasteiger partial charge in [0.2, 0.25) is 0 Å². The zero-order valence-electron chi connectivity index (χ0n) is 12.6. The summed E-state index contributed by atoms with van der Waals surface area (Å²) in [4.78, 5) is 13.8. The maximum atomic E-state index is 12.7. The number of hydrogen-bond donors (Lipinski definition) is 1. The Morgan fingerprint density at radius 2 is 2.19 bits per heavy atom. The predicted molar refractivity (Wildman–Crippen MR) is 87.9 cm³/mol. The number of nitrogens with zero attached hydrogens (tertiary/aromatic N) is 1. The zero-order chi connectivity index (χ0) is 15.1. The summed E-state index contributed by atoms with van der Waals surface area (Å²) in [5.41, 5.74) is 1.84. The summed E-state index contributed by atoms with van der Waals surface area (Å²) in [6, 6.07) is 8.01. The number of thiophene rings is 1. The van der Waals surface area contributed by atoms with Gasteiger partial charge < -0.3 is 14.6 Å². The molecule has 0 radical (unpaired) electrons. The number of pyridine rings is 1. The molecule has 0 atom stereocenters. The second-order valence-corrected chi connectivity index (χ2v) is 5.80. The van der Waals surface area contributed by atoms with Crippen molar-refractivity contribution in [3.8, 4) is 10.6 Å². The third-order valence-corrected chi connectivity index (χ3v) is 4.18. The summed E-state index contributed by atoms with van der Waals surface area (Å²) >= 11 is 1.64. The van der Waals surface area contributed by atoms with Crippen molar-refractivity contribution in [2.45, 2.75) is 26.4 Å². The molecule has 4 nitrogen and oxygen atoms in total. The molecule has 2 rings (SSSR count). The fraction of sp³-hybridized carbons (Fsp3) is 0.438. The van der Waals surface area contributed by atoms with Crippen molar-refractivity contribution in [2.75, 3.05) is 20.3 Å². The fourth-order valence-electron chi connectivity index (χ4n) is 2.20. The van der Waals surface area contributed by atoms with Gasteiger partial charge in [-0.1, -0.05) is 19.1 Å². The van der Waals surface area contributed by atoms with E-state index in [1.165, 1.54) is 0 Å². The van der Waals surface area contributed by atoms with E-state index in [4.69, 9.17) is 4.74 Å². The van der Waals surface area contributed by atoms with Gasteiger partial charge in [0.15, 0.2) is 0 Å². The zero-order valence-corrected chi connectivity index (χ0v) is 13.4. The molecule has 114 valence electrons. The summed E-state index contributed by atoms with van der Waals surface area (Å²) in [6.45, 7) is 4.76. The Morgan fingerprint density at radius 3 is 2.86 bits per heavy atom. The minimum absolute atomic E-state index is 0.0709. The Kier molecular flexibility index (Phi) is 6.17. The van der Waals surface area contributed by atoms with Crippen molar-refractivity contribution in [2.24, 2.45) is 0 Å². The summed E-state index contributed by atoms with van der Waals surface area (Å²) in [6.07, 6.45) is 1.06. The van der Waals surface area contributed by atoms with E-state index in [9.17, 15) is 4.79 Å². The second-order valence-electron chi connectivity index (χ2n) is 4.85. The Balaban J connectivity index is 2.33. The first kappa shape index (κ1) is 15.9. The highest BCUT2D eigenvalue weighted by Crippen LogP contribution is 2.23. The number of nitrogens with one attached hydrogen (secondary N) is 1. The van der Waals surface area contributed by atoms with Gasteiger partial charge in [0.1, 0.15) is 0 Å². The van der Waals surface area contributed by atoms with Crippen molar-refractivity contribution < 1.29 is 4.74 Å². The van der Waals surface area contributed by atoms with Crippen molar-refractivity contribution in [3.63, 3.8) is 0 Å². The average molecular weight is 306 g/mol. The second kappa shape index (κ2) is 8.12. The van der Waals surface area contributed by atoms with Gasteiger partial charge in [0.05, 0.1) is 17.2 Å². The Hall–Kier alpha value is -1.43. The van der Waals surface area contributed by atoms with Crippen LogP contribution in [0.5, 0.6) is 0 Å². The molecular formula is C16H22N2O2S. The lowest BCUT2D eigenvalue weighted by Crippen LogP contribution is -2.29. The molecule has 0 saturated heterocycles. The van der Waals surface area contributed by atoms with Crippen molar-refractivity contribution >= 4 is 11.3 Å². The van der Waals surface area contributed by atoms with E-state index in [1.807, 2.05) is 34.2 Å². The number of rotatable bonds is 8. The number of ether oxygens (including phenoxy) is 1. The Labute approximate surface area is 129 Å². The van der Waals surface area contributed by atoms with E-state index in [0.717, 1.165) is 29.1 Å². The molecule has 1 N–H and O–H groups in total. The Bertz CT molecular complexity index is 605. The number of aromatic nitrogens is 1. The van der Waals surface area contributed by atoms with Crippen LogP contribution in [0.1, 0.15) is 18.9 Å². The summed E-state index contributed by atoms with van der Waals surface area (Å²) < 4.78 is 6.96. The summed E-state index contributed by atoms with van der Waals surface area (Å²) in [5.74, 6) is 0. The van der Waals surface area contributed by atoms with Crippen molar-refractivity contribution in [3.05, 3.63) is 45.6 Å². The van der Waals surface area contributed by atoms with E-state index < -0.39 is 0 Å². The maximum Gasteiger partial charge on any atom is 0.255 e. The highest BCUT2D eigenvalue weighted by atomic mass is 32.1. The standard InChI is InChI=1S/C16H22N2O2S/c1-3-8-17-12-13-6-7-14(15-5-4-11-21-15)18(16(13)19)9-10-20-2/h4-7,11,17H,3,8-10,12H2,1-2H3. The monoisotopic (exact) mass is 306 g/mol. The minimum atomic E-state index is 0.0709. The van der Waals surface area contributed by atoms with Crippen LogP contribution in [-0.4, -0.2) is 24.8 Å². The lowest BCUT2D eigenvalue weighted by Gasteiger charge is -2.13. The normalized spacial score (nSPS) is 11.0. The maximum absolute atomic E-state index is 12.7. The molecule has 2 aromatic heterocycles. The SMILES string of the molecule is CCCNCc1ccc(-c2cccs2)n(CCOC)c1=O. The average Bonchev–Trinajstić information content (AvgIpc) is 3.02. The van der Waals surface area contributed by atoms with Gasteiger partial charge in [0, 0.05) is 25.8 Å². The summed E-state index contributed by atoms with van der Waals surface area (Å²) in [7, 11) is 1.66. The topological polar surface area (TPSA) is 43.3 Å². The number of methoxy groups -OCH3 is 1. The molecule has 0 aliphatic heterocycles. The van der Waals surface area contributed by atoms with Gasteiger partial charge in [-0.25, -0.2) is 0 Å². The molecule has 2 heterocycles. The van der Waals surface area contributed by atoms with Gasteiger partial charge >= 0.3 is 0 Å². The van der Waals surface area contributed by atoms with E-state index in [-0.39, 0.29) is 5.56 Å². The highest BCUT2D eigenvalue weighted by molar-refractivity contribution is 7.13. The molecule has 0 aliphatic carbocycles. The van der Waals surface area contributed by atoms with Gasteiger partial charge in [0.25, 0.3) is 5.56 Å². The van der Waals surface area contributed by atoms with Gasteiger partial charge in [-0.15, -0.1) is 11.3 Å². The highest BCUT2D eigenvalue weighted by Gasteiger charge is 2.11. The first-order valence-electron chi connectivity index (χ1n) is 7.24.